The number of pyridine rings is 1. The number of rotatable bonds is 3. The molecule has 0 aliphatic carbocycles. The van der Waals surface area contributed by atoms with E-state index in [-0.39, 0.29) is 5.88 Å². The molecule has 0 aliphatic heterocycles. The quantitative estimate of drug-likeness (QED) is 0.801. The Kier molecular flexibility index (Phi) is 3.42. The number of hydrogen-bond acceptors (Lipinski definition) is 4. The van der Waals surface area contributed by atoms with Crippen molar-refractivity contribution < 1.29 is 13.7 Å². The van der Waals surface area contributed by atoms with Crippen molar-refractivity contribution in [2.75, 3.05) is 5.32 Å². The third kappa shape index (κ3) is 2.94. The molecule has 0 saturated heterocycles. The topological polar surface area (TPSA) is 68.0 Å². The lowest BCUT2D eigenvalue weighted by Gasteiger charge is -2.00. The van der Waals surface area contributed by atoms with Crippen LogP contribution in [0.5, 0.6) is 0 Å². The van der Waals surface area contributed by atoms with Gasteiger partial charge in [0.2, 0.25) is 5.88 Å². The minimum Gasteiger partial charge on any atom is -0.338 e. The molecule has 5 nitrogen and oxygen atoms in total. The summed E-state index contributed by atoms with van der Waals surface area (Å²) >= 11 is 0. The third-order valence-corrected chi connectivity index (χ3v) is 2.81. The average Bonchev–Trinajstić information content (AvgIpc) is 2.97. The first-order valence-electron chi connectivity index (χ1n) is 6.16. The van der Waals surface area contributed by atoms with Gasteiger partial charge >= 0.3 is 0 Å². The summed E-state index contributed by atoms with van der Waals surface area (Å²) in [6.07, 6.45) is 3.30. The first-order valence-corrected chi connectivity index (χ1v) is 6.16. The maximum absolute atomic E-state index is 12.8. The zero-order valence-corrected chi connectivity index (χ0v) is 10.8. The maximum atomic E-state index is 12.8. The predicted octanol–water partition coefficient (Wildman–Crippen LogP) is 3.13. The number of carbonyl (C=O) groups excluding carboxylic acids is 1. The van der Waals surface area contributed by atoms with E-state index < -0.39 is 11.7 Å². The molecule has 0 bridgehead atoms. The summed E-state index contributed by atoms with van der Waals surface area (Å²) in [5.41, 5.74) is 1.68. The SMILES string of the molecule is O=C(Nc1cc(-c2cccnc2)no1)c1ccc(F)cc1. The van der Waals surface area contributed by atoms with Gasteiger partial charge < -0.3 is 4.52 Å². The highest BCUT2D eigenvalue weighted by molar-refractivity contribution is 6.03. The number of carbonyl (C=O) groups is 1. The normalized spacial score (nSPS) is 10.3. The first kappa shape index (κ1) is 13.0. The van der Waals surface area contributed by atoms with Crippen LogP contribution >= 0.6 is 0 Å². The molecule has 0 radical (unpaired) electrons. The molecule has 0 spiro atoms. The molecule has 1 aromatic carbocycles. The van der Waals surface area contributed by atoms with Crippen LogP contribution in [0.3, 0.4) is 0 Å². The van der Waals surface area contributed by atoms with E-state index in [0.29, 0.717) is 11.3 Å². The second-order valence-electron chi connectivity index (χ2n) is 4.28. The van der Waals surface area contributed by atoms with Gasteiger partial charge in [-0.15, -0.1) is 0 Å². The predicted molar refractivity (Wildman–Crippen MR) is 74.1 cm³/mol. The van der Waals surface area contributed by atoms with Gasteiger partial charge in [-0.2, -0.15) is 0 Å². The Morgan fingerprint density at radius 1 is 1.19 bits per heavy atom. The average molecular weight is 283 g/mol. The molecule has 2 aromatic heterocycles. The van der Waals surface area contributed by atoms with Crippen LogP contribution in [0.2, 0.25) is 0 Å². The van der Waals surface area contributed by atoms with Crippen LogP contribution < -0.4 is 5.32 Å². The number of amides is 1. The summed E-state index contributed by atoms with van der Waals surface area (Å²) in [6, 6.07) is 10.4. The fourth-order valence-electron chi connectivity index (χ4n) is 1.77. The van der Waals surface area contributed by atoms with Gasteiger partial charge in [-0.1, -0.05) is 5.16 Å². The molecule has 0 unspecified atom stereocenters. The van der Waals surface area contributed by atoms with Gasteiger partial charge in [0.1, 0.15) is 11.5 Å². The maximum Gasteiger partial charge on any atom is 0.258 e. The van der Waals surface area contributed by atoms with Crippen molar-refractivity contribution in [2.24, 2.45) is 0 Å². The molecule has 6 heteroatoms. The molecule has 2 heterocycles. The zero-order valence-electron chi connectivity index (χ0n) is 10.8. The Labute approximate surface area is 119 Å². The van der Waals surface area contributed by atoms with Crippen molar-refractivity contribution in [2.45, 2.75) is 0 Å². The molecule has 0 saturated carbocycles. The van der Waals surface area contributed by atoms with E-state index >= 15 is 0 Å². The lowest BCUT2D eigenvalue weighted by molar-refractivity contribution is 0.102. The lowest BCUT2D eigenvalue weighted by atomic mass is 10.2. The van der Waals surface area contributed by atoms with Gasteiger partial charge in [0.05, 0.1) is 0 Å². The minimum absolute atomic E-state index is 0.211. The highest BCUT2D eigenvalue weighted by Crippen LogP contribution is 2.21. The first-order chi connectivity index (χ1) is 10.2. The van der Waals surface area contributed by atoms with Crippen LogP contribution in [0, 0.1) is 5.82 Å². The molecular weight excluding hydrogens is 273 g/mol. The lowest BCUT2D eigenvalue weighted by Crippen LogP contribution is -2.11. The fourth-order valence-corrected chi connectivity index (χ4v) is 1.77. The van der Waals surface area contributed by atoms with Gasteiger partial charge in [0.15, 0.2) is 0 Å². The van der Waals surface area contributed by atoms with Crippen LogP contribution in [-0.4, -0.2) is 16.0 Å². The molecule has 0 aliphatic rings. The minimum atomic E-state index is -0.399. The van der Waals surface area contributed by atoms with Crippen LogP contribution in [0.4, 0.5) is 10.3 Å². The summed E-state index contributed by atoms with van der Waals surface area (Å²) < 4.78 is 17.9. The molecular formula is C15H10FN3O2. The van der Waals surface area contributed by atoms with E-state index in [9.17, 15) is 9.18 Å². The van der Waals surface area contributed by atoms with E-state index in [1.807, 2.05) is 6.07 Å². The van der Waals surface area contributed by atoms with Crippen molar-refractivity contribution in [3.05, 3.63) is 66.2 Å². The summed E-state index contributed by atoms with van der Waals surface area (Å²) in [5, 5.41) is 6.41. The van der Waals surface area contributed by atoms with Crippen molar-refractivity contribution in [1.82, 2.24) is 10.1 Å². The van der Waals surface area contributed by atoms with Gasteiger partial charge in [0.25, 0.3) is 5.91 Å². The largest absolute Gasteiger partial charge is 0.338 e. The molecule has 21 heavy (non-hydrogen) atoms. The molecule has 0 fully saturated rings. The standard InChI is InChI=1S/C15H10FN3O2/c16-12-5-3-10(4-6-12)15(20)18-14-8-13(19-21-14)11-2-1-7-17-9-11/h1-9H,(H,18,20). The van der Waals surface area contributed by atoms with E-state index in [0.717, 1.165) is 5.56 Å². The van der Waals surface area contributed by atoms with Gasteiger partial charge in [0, 0.05) is 29.6 Å². The Morgan fingerprint density at radius 2 is 2.00 bits per heavy atom. The number of nitrogens with zero attached hydrogens (tertiary/aromatic N) is 2. The second kappa shape index (κ2) is 5.54. The summed E-state index contributed by atoms with van der Waals surface area (Å²) in [7, 11) is 0. The van der Waals surface area contributed by atoms with Crippen molar-refractivity contribution in [3.8, 4) is 11.3 Å². The van der Waals surface area contributed by atoms with Crippen LogP contribution in [0.1, 0.15) is 10.4 Å². The fraction of sp³-hybridized carbons (Fsp3) is 0. The number of halogens is 1. The number of benzene rings is 1. The Bertz CT molecular complexity index is 754. The molecule has 3 rings (SSSR count). The highest BCUT2D eigenvalue weighted by atomic mass is 19.1. The summed E-state index contributed by atoms with van der Waals surface area (Å²) in [4.78, 5) is 15.9. The van der Waals surface area contributed by atoms with Crippen LogP contribution in [0.15, 0.2) is 59.4 Å². The Hall–Kier alpha value is -3.02. The second-order valence-corrected chi connectivity index (χ2v) is 4.28. The smallest absolute Gasteiger partial charge is 0.258 e. The van der Waals surface area contributed by atoms with E-state index in [1.165, 1.54) is 24.3 Å². The number of aromatic nitrogens is 2. The highest BCUT2D eigenvalue weighted by Gasteiger charge is 2.11. The zero-order chi connectivity index (χ0) is 14.7. The Morgan fingerprint density at radius 3 is 2.71 bits per heavy atom. The van der Waals surface area contributed by atoms with Gasteiger partial charge in [-0.25, -0.2) is 4.39 Å². The monoisotopic (exact) mass is 283 g/mol. The number of hydrogen-bond donors (Lipinski definition) is 1. The van der Waals surface area contributed by atoms with Crippen LogP contribution in [-0.2, 0) is 0 Å². The number of nitrogens with one attached hydrogen (secondary N) is 1. The summed E-state index contributed by atoms with van der Waals surface area (Å²) in [6.45, 7) is 0. The Balaban J connectivity index is 1.75. The van der Waals surface area contributed by atoms with E-state index in [1.54, 1.807) is 24.5 Å². The third-order valence-electron chi connectivity index (χ3n) is 2.81. The molecule has 3 aromatic rings. The number of anilines is 1. The molecule has 104 valence electrons. The van der Waals surface area contributed by atoms with Crippen molar-refractivity contribution in [3.63, 3.8) is 0 Å². The van der Waals surface area contributed by atoms with Crippen LogP contribution in [0.25, 0.3) is 11.3 Å². The van der Waals surface area contributed by atoms with E-state index in [4.69, 9.17) is 4.52 Å². The molecule has 1 amide bonds. The summed E-state index contributed by atoms with van der Waals surface area (Å²) in [5.74, 6) is -0.586. The van der Waals surface area contributed by atoms with Gasteiger partial charge in [-0.05, 0) is 36.4 Å². The van der Waals surface area contributed by atoms with Crippen molar-refractivity contribution in [1.29, 1.82) is 0 Å². The van der Waals surface area contributed by atoms with E-state index in [2.05, 4.69) is 15.5 Å². The van der Waals surface area contributed by atoms with Gasteiger partial charge in [-0.3, -0.25) is 15.1 Å². The van der Waals surface area contributed by atoms with Crippen molar-refractivity contribution >= 4 is 11.8 Å². The molecule has 0 atom stereocenters. The molecule has 1 N–H and O–H groups in total.